The molecule has 2 aromatic heterocycles. The molecule has 2 heterocycles. The minimum Gasteiger partial charge on any atom is -0.350 e. The van der Waals surface area contributed by atoms with Gasteiger partial charge in [-0.1, -0.05) is 6.92 Å². The molecule has 1 N–H and O–H groups in total. The van der Waals surface area contributed by atoms with Crippen molar-refractivity contribution in [2.45, 2.75) is 39.9 Å². The molecule has 2 aromatic rings. The fraction of sp³-hybridized carbons (Fsp3) is 0.400. The van der Waals surface area contributed by atoms with Crippen LogP contribution < -0.4 is 5.32 Å². The lowest BCUT2D eigenvalue weighted by Crippen LogP contribution is -2.16. The smallest absolute Gasteiger partial charge is 0.0362 e. The van der Waals surface area contributed by atoms with Crippen molar-refractivity contribution in [1.29, 1.82) is 0 Å². The van der Waals surface area contributed by atoms with Crippen molar-refractivity contribution in [1.82, 2.24) is 14.9 Å². The van der Waals surface area contributed by atoms with Gasteiger partial charge in [-0.3, -0.25) is 4.98 Å². The predicted molar refractivity (Wildman–Crippen MR) is 74.2 cm³/mol. The summed E-state index contributed by atoms with van der Waals surface area (Å²) in [5, 5.41) is 3.48. The summed E-state index contributed by atoms with van der Waals surface area (Å²) >= 11 is 0. The summed E-state index contributed by atoms with van der Waals surface area (Å²) in [6.45, 7) is 7.20. The first-order chi connectivity index (χ1) is 8.81. The first-order valence-electron chi connectivity index (χ1n) is 6.55. The van der Waals surface area contributed by atoms with E-state index in [-0.39, 0.29) is 0 Å². The quantitative estimate of drug-likeness (QED) is 0.845. The Labute approximate surface area is 109 Å². The average Bonchev–Trinajstić information content (AvgIpc) is 2.80. The van der Waals surface area contributed by atoms with Gasteiger partial charge in [0.25, 0.3) is 0 Å². The minimum absolute atomic E-state index is 0.872. The van der Waals surface area contributed by atoms with Gasteiger partial charge in [-0.15, -0.1) is 0 Å². The van der Waals surface area contributed by atoms with Crippen LogP contribution in [0.5, 0.6) is 0 Å². The molecule has 3 nitrogen and oxygen atoms in total. The van der Waals surface area contributed by atoms with Crippen molar-refractivity contribution in [3.8, 4) is 0 Å². The van der Waals surface area contributed by atoms with E-state index in [1.807, 2.05) is 12.4 Å². The van der Waals surface area contributed by atoms with E-state index in [1.54, 1.807) is 0 Å². The van der Waals surface area contributed by atoms with Crippen LogP contribution in [0.2, 0.25) is 0 Å². The van der Waals surface area contributed by atoms with Crippen molar-refractivity contribution in [3.05, 3.63) is 53.6 Å². The third-order valence-corrected chi connectivity index (χ3v) is 3.16. The zero-order valence-electron chi connectivity index (χ0n) is 11.2. The summed E-state index contributed by atoms with van der Waals surface area (Å²) in [5.74, 6) is 0. The average molecular weight is 243 g/mol. The van der Waals surface area contributed by atoms with E-state index < -0.39 is 0 Å². The molecule has 0 bridgehead atoms. The molecule has 2 rings (SSSR count). The predicted octanol–water partition coefficient (Wildman–Crippen LogP) is 2.89. The Kier molecular flexibility index (Phi) is 4.53. The Morgan fingerprint density at radius 2 is 2.17 bits per heavy atom. The van der Waals surface area contributed by atoms with Crippen LogP contribution in [-0.4, -0.2) is 9.55 Å². The van der Waals surface area contributed by atoms with E-state index >= 15 is 0 Å². The molecule has 0 atom stereocenters. The maximum Gasteiger partial charge on any atom is 0.0362 e. The standard InChI is InChI=1S/C15H21N3/c1-3-8-18-9-4-5-15(18)12-17-11-14-10-16-7-6-13(14)2/h4-7,9-10,17H,3,8,11-12H2,1-2H3. The number of rotatable bonds is 6. The summed E-state index contributed by atoms with van der Waals surface area (Å²) in [6, 6.07) is 6.34. The highest BCUT2D eigenvalue weighted by Gasteiger charge is 2.01. The Bertz CT molecular complexity index is 488. The van der Waals surface area contributed by atoms with Crippen LogP contribution >= 0.6 is 0 Å². The zero-order chi connectivity index (χ0) is 12.8. The third kappa shape index (κ3) is 3.20. The lowest BCUT2D eigenvalue weighted by atomic mass is 10.1. The molecule has 0 aliphatic heterocycles. The van der Waals surface area contributed by atoms with Crippen LogP contribution in [-0.2, 0) is 19.6 Å². The van der Waals surface area contributed by atoms with Gasteiger partial charge in [-0.2, -0.15) is 0 Å². The molecule has 0 fully saturated rings. The summed E-state index contributed by atoms with van der Waals surface area (Å²) < 4.78 is 2.31. The zero-order valence-corrected chi connectivity index (χ0v) is 11.2. The number of hydrogen-bond donors (Lipinski definition) is 1. The van der Waals surface area contributed by atoms with Crippen molar-refractivity contribution < 1.29 is 0 Å². The summed E-state index contributed by atoms with van der Waals surface area (Å²) in [7, 11) is 0. The molecule has 0 radical (unpaired) electrons. The fourth-order valence-corrected chi connectivity index (χ4v) is 2.08. The van der Waals surface area contributed by atoms with E-state index in [2.05, 4.69) is 53.1 Å². The highest BCUT2D eigenvalue weighted by molar-refractivity contribution is 5.21. The Morgan fingerprint density at radius 3 is 2.94 bits per heavy atom. The summed E-state index contributed by atoms with van der Waals surface area (Å²) in [6.07, 6.45) is 7.10. The van der Waals surface area contributed by atoms with Gasteiger partial charge in [0.05, 0.1) is 0 Å². The molecular weight excluding hydrogens is 222 g/mol. The van der Waals surface area contributed by atoms with Crippen LogP contribution in [0.15, 0.2) is 36.8 Å². The van der Waals surface area contributed by atoms with Crippen molar-refractivity contribution in [2.75, 3.05) is 0 Å². The van der Waals surface area contributed by atoms with Crippen LogP contribution in [0, 0.1) is 6.92 Å². The molecule has 0 saturated carbocycles. The van der Waals surface area contributed by atoms with Gasteiger partial charge in [0.1, 0.15) is 0 Å². The van der Waals surface area contributed by atoms with Gasteiger partial charge in [-0.05, 0) is 42.7 Å². The minimum atomic E-state index is 0.872. The van der Waals surface area contributed by atoms with Crippen molar-refractivity contribution in [2.24, 2.45) is 0 Å². The molecule has 96 valence electrons. The van der Waals surface area contributed by atoms with Crippen molar-refractivity contribution in [3.63, 3.8) is 0 Å². The fourth-order valence-electron chi connectivity index (χ4n) is 2.08. The largest absolute Gasteiger partial charge is 0.350 e. The number of nitrogens with one attached hydrogen (secondary N) is 1. The molecule has 0 aliphatic rings. The van der Waals surface area contributed by atoms with Crippen molar-refractivity contribution >= 4 is 0 Å². The van der Waals surface area contributed by atoms with Gasteiger partial charge in [0, 0.05) is 43.9 Å². The van der Waals surface area contributed by atoms with E-state index in [4.69, 9.17) is 0 Å². The molecule has 18 heavy (non-hydrogen) atoms. The molecule has 0 aromatic carbocycles. The van der Waals surface area contributed by atoms with Crippen LogP contribution in [0.1, 0.15) is 30.2 Å². The maximum absolute atomic E-state index is 4.16. The lowest BCUT2D eigenvalue weighted by Gasteiger charge is -2.10. The Hall–Kier alpha value is -1.61. The van der Waals surface area contributed by atoms with Gasteiger partial charge in [0.2, 0.25) is 0 Å². The second-order valence-corrected chi connectivity index (χ2v) is 4.60. The first kappa shape index (κ1) is 12.8. The lowest BCUT2D eigenvalue weighted by molar-refractivity contribution is 0.601. The van der Waals surface area contributed by atoms with Crippen LogP contribution in [0.3, 0.4) is 0 Å². The number of hydrogen-bond acceptors (Lipinski definition) is 2. The highest BCUT2D eigenvalue weighted by atomic mass is 15.0. The maximum atomic E-state index is 4.16. The Balaban J connectivity index is 1.88. The van der Waals surface area contributed by atoms with Gasteiger partial charge in [0.15, 0.2) is 0 Å². The topological polar surface area (TPSA) is 29.9 Å². The molecular formula is C15H21N3. The molecule has 0 spiro atoms. The molecule has 0 aliphatic carbocycles. The number of pyridine rings is 1. The number of aromatic nitrogens is 2. The van der Waals surface area contributed by atoms with E-state index in [0.717, 1.165) is 19.6 Å². The summed E-state index contributed by atoms with van der Waals surface area (Å²) in [4.78, 5) is 4.16. The highest BCUT2D eigenvalue weighted by Crippen LogP contribution is 2.06. The molecule has 0 amide bonds. The van der Waals surface area contributed by atoms with E-state index in [1.165, 1.54) is 23.2 Å². The third-order valence-electron chi connectivity index (χ3n) is 3.16. The summed E-state index contributed by atoms with van der Waals surface area (Å²) in [5.41, 5.74) is 3.91. The van der Waals surface area contributed by atoms with Crippen LogP contribution in [0.25, 0.3) is 0 Å². The van der Waals surface area contributed by atoms with Gasteiger partial charge >= 0.3 is 0 Å². The normalized spacial score (nSPS) is 10.8. The number of aryl methyl sites for hydroxylation is 2. The van der Waals surface area contributed by atoms with E-state index in [0.29, 0.717) is 0 Å². The van der Waals surface area contributed by atoms with Crippen LogP contribution in [0.4, 0.5) is 0 Å². The van der Waals surface area contributed by atoms with E-state index in [9.17, 15) is 0 Å². The Morgan fingerprint density at radius 1 is 1.28 bits per heavy atom. The van der Waals surface area contributed by atoms with Gasteiger partial charge < -0.3 is 9.88 Å². The molecule has 0 unspecified atom stereocenters. The molecule has 3 heteroatoms. The second kappa shape index (κ2) is 6.36. The SMILES string of the molecule is CCCn1cccc1CNCc1cnccc1C. The molecule has 0 saturated heterocycles. The van der Waals surface area contributed by atoms with Gasteiger partial charge in [-0.25, -0.2) is 0 Å². The number of nitrogens with zero attached hydrogens (tertiary/aromatic N) is 2. The first-order valence-corrected chi connectivity index (χ1v) is 6.55. The monoisotopic (exact) mass is 243 g/mol. The second-order valence-electron chi connectivity index (χ2n) is 4.60.